The van der Waals surface area contributed by atoms with Gasteiger partial charge in [-0.15, -0.1) is 12.4 Å². The fourth-order valence-electron chi connectivity index (χ4n) is 2.16. The summed E-state index contributed by atoms with van der Waals surface area (Å²) in [6.07, 6.45) is 1.94. The van der Waals surface area contributed by atoms with Gasteiger partial charge < -0.3 is 15.4 Å². The van der Waals surface area contributed by atoms with Crippen molar-refractivity contribution in [3.8, 4) is 0 Å². The number of amides is 1. The summed E-state index contributed by atoms with van der Waals surface area (Å²) in [6, 6.07) is 10.6. The smallest absolute Gasteiger partial charge is 0.407 e. The molecule has 2 rings (SSSR count). The lowest BCUT2D eigenvalue weighted by molar-refractivity contribution is 0.138. The van der Waals surface area contributed by atoms with Gasteiger partial charge >= 0.3 is 6.09 Å². The van der Waals surface area contributed by atoms with E-state index in [1.807, 2.05) is 30.3 Å². The van der Waals surface area contributed by atoms with E-state index in [0.29, 0.717) is 25.2 Å². The number of carbonyl (C=O) groups is 1. The van der Waals surface area contributed by atoms with E-state index in [9.17, 15) is 4.79 Å². The first kappa shape index (κ1) is 15.8. The van der Waals surface area contributed by atoms with Gasteiger partial charge in [0.25, 0.3) is 0 Å². The molecule has 19 heavy (non-hydrogen) atoms. The summed E-state index contributed by atoms with van der Waals surface area (Å²) in [5, 5.41) is 6.20. The van der Waals surface area contributed by atoms with E-state index in [4.69, 9.17) is 4.74 Å². The molecule has 0 radical (unpaired) electrons. The summed E-state index contributed by atoms with van der Waals surface area (Å²) in [5.74, 6) is 0. The van der Waals surface area contributed by atoms with Crippen molar-refractivity contribution < 1.29 is 9.53 Å². The highest BCUT2D eigenvalue weighted by Gasteiger charge is 2.20. The van der Waals surface area contributed by atoms with Gasteiger partial charge in [-0.3, -0.25) is 0 Å². The molecule has 1 saturated heterocycles. The van der Waals surface area contributed by atoms with Crippen LogP contribution < -0.4 is 10.6 Å². The Labute approximate surface area is 120 Å². The van der Waals surface area contributed by atoms with Crippen LogP contribution in [-0.2, 0) is 11.3 Å². The standard InChI is InChI=1S/C14H20N2O2.ClH/c1-11-7-8-13(16-11)9-15-14(17)18-10-12-5-3-2-4-6-12;/h2-6,11,13,16H,7-10H2,1H3,(H,15,17);1H/t11-,13-;/m0./s1. The molecule has 5 heteroatoms. The maximum absolute atomic E-state index is 11.5. The van der Waals surface area contributed by atoms with Gasteiger partial charge in [-0.05, 0) is 25.3 Å². The van der Waals surface area contributed by atoms with Crippen LogP contribution in [0.25, 0.3) is 0 Å². The van der Waals surface area contributed by atoms with Gasteiger partial charge in [-0.2, -0.15) is 0 Å². The van der Waals surface area contributed by atoms with Crippen molar-refractivity contribution in [2.45, 2.75) is 38.5 Å². The highest BCUT2D eigenvalue weighted by molar-refractivity contribution is 5.85. The minimum Gasteiger partial charge on any atom is -0.445 e. The van der Waals surface area contributed by atoms with Crippen LogP contribution in [-0.4, -0.2) is 24.7 Å². The number of ether oxygens (including phenoxy) is 1. The molecule has 2 N–H and O–H groups in total. The molecule has 1 amide bonds. The highest BCUT2D eigenvalue weighted by Crippen LogP contribution is 2.10. The van der Waals surface area contributed by atoms with Crippen LogP contribution >= 0.6 is 12.4 Å². The summed E-state index contributed by atoms with van der Waals surface area (Å²) < 4.78 is 5.14. The molecule has 0 unspecified atom stereocenters. The molecule has 0 aromatic heterocycles. The Balaban J connectivity index is 0.00000180. The molecule has 1 aromatic carbocycles. The zero-order valence-electron chi connectivity index (χ0n) is 11.1. The van der Waals surface area contributed by atoms with Crippen LogP contribution in [0.2, 0.25) is 0 Å². The molecule has 1 aromatic rings. The third-order valence-corrected chi connectivity index (χ3v) is 3.17. The molecular weight excluding hydrogens is 264 g/mol. The zero-order valence-corrected chi connectivity index (χ0v) is 11.9. The Morgan fingerprint density at radius 2 is 2.11 bits per heavy atom. The second-order valence-electron chi connectivity index (χ2n) is 4.78. The second-order valence-corrected chi connectivity index (χ2v) is 4.78. The van der Waals surface area contributed by atoms with Crippen LogP contribution in [0.4, 0.5) is 4.79 Å². The number of carbonyl (C=O) groups excluding carboxylic acids is 1. The Kier molecular flexibility index (Phi) is 6.67. The first-order chi connectivity index (χ1) is 8.74. The normalized spacial score (nSPS) is 21.5. The first-order valence-corrected chi connectivity index (χ1v) is 6.44. The minimum absolute atomic E-state index is 0. The van der Waals surface area contributed by atoms with E-state index >= 15 is 0 Å². The number of benzene rings is 1. The third kappa shape index (κ3) is 5.49. The quantitative estimate of drug-likeness (QED) is 0.893. The molecule has 1 aliphatic rings. The van der Waals surface area contributed by atoms with Crippen molar-refractivity contribution in [1.29, 1.82) is 0 Å². The van der Waals surface area contributed by atoms with E-state index in [1.54, 1.807) is 0 Å². The summed E-state index contributed by atoms with van der Waals surface area (Å²) in [5.41, 5.74) is 1.00. The summed E-state index contributed by atoms with van der Waals surface area (Å²) in [6.45, 7) is 3.12. The maximum atomic E-state index is 11.5. The molecule has 2 atom stereocenters. The largest absolute Gasteiger partial charge is 0.445 e. The zero-order chi connectivity index (χ0) is 12.8. The summed E-state index contributed by atoms with van der Waals surface area (Å²) >= 11 is 0. The molecule has 1 aliphatic heterocycles. The van der Waals surface area contributed by atoms with Gasteiger partial charge in [0, 0.05) is 18.6 Å². The van der Waals surface area contributed by atoms with Crippen molar-refractivity contribution in [3.05, 3.63) is 35.9 Å². The third-order valence-electron chi connectivity index (χ3n) is 3.17. The molecule has 0 bridgehead atoms. The first-order valence-electron chi connectivity index (χ1n) is 6.44. The van der Waals surface area contributed by atoms with E-state index in [-0.39, 0.29) is 18.5 Å². The maximum Gasteiger partial charge on any atom is 0.407 e. The van der Waals surface area contributed by atoms with Gasteiger partial charge in [0.2, 0.25) is 0 Å². The number of halogens is 1. The Morgan fingerprint density at radius 1 is 1.37 bits per heavy atom. The predicted octanol–water partition coefficient (Wildman–Crippen LogP) is 2.48. The fraction of sp³-hybridized carbons (Fsp3) is 0.500. The van der Waals surface area contributed by atoms with Crippen molar-refractivity contribution >= 4 is 18.5 Å². The lowest BCUT2D eigenvalue weighted by Crippen LogP contribution is -2.39. The second kappa shape index (κ2) is 8.02. The fourth-order valence-corrected chi connectivity index (χ4v) is 2.16. The van der Waals surface area contributed by atoms with Crippen molar-refractivity contribution in [2.75, 3.05) is 6.54 Å². The average Bonchev–Trinajstić information content (AvgIpc) is 2.81. The van der Waals surface area contributed by atoms with E-state index in [0.717, 1.165) is 12.0 Å². The minimum atomic E-state index is -0.347. The Hall–Kier alpha value is -1.26. The summed E-state index contributed by atoms with van der Waals surface area (Å²) in [7, 11) is 0. The number of nitrogens with one attached hydrogen (secondary N) is 2. The number of hydrogen-bond acceptors (Lipinski definition) is 3. The SMILES string of the molecule is C[C@H]1CC[C@@H](CNC(=O)OCc2ccccc2)N1.Cl. The predicted molar refractivity (Wildman–Crippen MR) is 77.5 cm³/mol. The molecule has 1 fully saturated rings. The molecule has 106 valence electrons. The summed E-state index contributed by atoms with van der Waals surface area (Å²) in [4.78, 5) is 11.5. The van der Waals surface area contributed by atoms with Crippen molar-refractivity contribution in [3.63, 3.8) is 0 Å². The van der Waals surface area contributed by atoms with E-state index < -0.39 is 0 Å². The van der Waals surface area contributed by atoms with Crippen molar-refractivity contribution in [2.24, 2.45) is 0 Å². The molecular formula is C14H21ClN2O2. The van der Waals surface area contributed by atoms with E-state index in [1.165, 1.54) is 6.42 Å². The van der Waals surface area contributed by atoms with Gasteiger partial charge in [0.1, 0.15) is 6.61 Å². The molecule has 1 heterocycles. The van der Waals surface area contributed by atoms with Gasteiger partial charge in [0.05, 0.1) is 0 Å². The molecule has 0 saturated carbocycles. The van der Waals surface area contributed by atoms with Crippen LogP contribution in [0, 0.1) is 0 Å². The molecule has 4 nitrogen and oxygen atoms in total. The topological polar surface area (TPSA) is 50.4 Å². The average molecular weight is 285 g/mol. The molecule has 0 spiro atoms. The van der Waals surface area contributed by atoms with Gasteiger partial charge in [0.15, 0.2) is 0 Å². The van der Waals surface area contributed by atoms with E-state index in [2.05, 4.69) is 17.6 Å². The lowest BCUT2D eigenvalue weighted by Gasteiger charge is -2.13. The lowest BCUT2D eigenvalue weighted by atomic mass is 10.2. The van der Waals surface area contributed by atoms with Crippen LogP contribution in [0.15, 0.2) is 30.3 Å². The highest BCUT2D eigenvalue weighted by atomic mass is 35.5. The van der Waals surface area contributed by atoms with Crippen LogP contribution in [0.1, 0.15) is 25.3 Å². The van der Waals surface area contributed by atoms with Crippen molar-refractivity contribution in [1.82, 2.24) is 10.6 Å². The van der Waals surface area contributed by atoms with Crippen LogP contribution in [0.5, 0.6) is 0 Å². The van der Waals surface area contributed by atoms with Gasteiger partial charge in [-0.1, -0.05) is 30.3 Å². The number of hydrogen-bond donors (Lipinski definition) is 2. The molecule has 0 aliphatic carbocycles. The van der Waals surface area contributed by atoms with Crippen LogP contribution in [0.3, 0.4) is 0 Å². The monoisotopic (exact) mass is 284 g/mol. The van der Waals surface area contributed by atoms with Gasteiger partial charge in [-0.25, -0.2) is 4.79 Å². The number of rotatable bonds is 4. The Morgan fingerprint density at radius 3 is 2.74 bits per heavy atom. The Bertz CT molecular complexity index is 386. The number of alkyl carbamates (subject to hydrolysis) is 1.